The summed E-state index contributed by atoms with van der Waals surface area (Å²) in [7, 11) is 4.05. The van der Waals surface area contributed by atoms with Crippen molar-refractivity contribution in [2.75, 3.05) is 30.5 Å². The van der Waals surface area contributed by atoms with E-state index in [1.807, 2.05) is 61.9 Å². The normalized spacial score (nSPS) is 17.3. The van der Waals surface area contributed by atoms with Gasteiger partial charge in [0, 0.05) is 30.4 Å². The van der Waals surface area contributed by atoms with Crippen molar-refractivity contribution in [3.63, 3.8) is 0 Å². The van der Waals surface area contributed by atoms with Crippen molar-refractivity contribution in [3.8, 4) is 0 Å². The second-order valence-electron chi connectivity index (χ2n) is 6.04. The van der Waals surface area contributed by atoms with Crippen LogP contribution in [0.2, 0.25) is 5.02 Å². The Hall–Kier alpha value is -1.30. The van der Waals surface area contributed by atoms with Crippen LogP contribution in [0.5, 0.6) is 0 Å². The molecule has 1 fully saturated rings. The standard InChI is InChI=1S/C19H21ClN2OS2/c1-22(2)15-10-8-14(9-11-15)19(24-12-5-13-25-19)18(21-23)16-6-3-4-7-17(16)20/h3-4,6-11,23H,5,12-13H2,1-2H3/b21-18+. The van der Waals surface area contributed by atoms with Gasteiger partial charge in [0.2, 0.25) is 0 Å². The quantitative estimate of drug-likeness (QED) is 0.434. The van der Waals surface area contributed by atoms with Crippen molar-refractivity contribution < 1.29 is 5.21 Å². The fraction of sp³-hybridized carbons (Fsp3) is 0.316. The Kier molecular flexibility index (Phi) is 5.87. The van der Waals surface area contributed by atoms with Gasteiger partial charge in [0.1, 0.15) is 9.79 Å². The van der Waals surface area contributed by atoms with Crippen molar-refractivity contribution >= 4 is 46.5 Å². The molecule has 25 heavy (non-hydrogen) atoms. The maximum Gasteiger partial charge on any atom is 0.132 e. The molecule has 3 nitrogen and oxygen atoms in total. The highest BCUT2D eigenvalue weighted by molar-refractivity contribution is 8.19. The Morgan fingerprint density at radius 1 is 1.08 bits per heavy atom. The third-order valence-electron chi connectivity index (χ3n) is 4.20. The molecule has 1 heterocycles. The van der Waals surface area contributed by atoms with Gasteiger partial charge in [-0.25, -0.2) is 0 Å². The van der Waals surface area contributed by atoms with Crippen LogP contribution in [-0.4, -0.2) is 36.5 Å². The van der Waals surface area contributed by atoms with Crippen LogP contribution in [0.15, 0.2) is 53.7 Å². The summed E-state index contributed by atoms with van der Waals surface area (Å²) in [6.45, 7) is 0. The van der Waals surface area contributed by atoms with Gasteiger partial charge in [-0.05, 0) is 41.7 Å². The van der Waals surface area contributed by atoms with Gasteiger partial charge in [-0.1, -0.05) is 47.1 Å². The van der Waals surface area contributed by atoms with Crippen molar-refractivity contribution in [2.45, 2.75) is 10.5 Å². The number of halogens is 1. The Balaban J connectivity index is 2.11. The molecule has 1 aliphatic heterocycles. The van der Waals surface area contributed by atoms with E-state index in [0.717, 1.165) is 34.7 Å². The van der Waals surface area contributed by atoms with E-state index in [-0.39, 0.29) is 0 Å². The van der Waals surface area contributed by atoms with Gasteiger partial charge < -0.3 is 10.1 Å². The summed E-state index contributed by atoms with van der Waals surface area (Å²) in [5.41, 5.74) is 3.67. The van der Waals surface area contributed by atoms with Gasteiger partial charge in [-0.2, -0.15) is 0 Å². The summed E-state index contributed by atoms with van der Waals surface area (Å²) in [4.78, 5) is 2.08. The molecule has 1 N–H and O–H groups in total. The average Bonchev–Trinajstić information content (AvgIpc) is 2.65. The Morgan fingerprint density at radius 3 is 2.28 bits per heavy atom. The first-order valence-corrected chi connectivity index (χ1v) is 10.5. The molecule has 2 aromatic carbocycles. The number of thioether (sulfide) groups is 2. The highest BCUT2D eigenvalue weighted by Gasteiger charge is 2.42. The highest BCUT2D eigenvalue weighted by atomic mass is 35.5. The molecule has 0 bridgehead atoms. The van der Waals surface area contributed by atoms with Crippen LogP contribution in [0.3, 0.4) is 0 Å². The van der Waals surface area contributed by atoms with E-state index in [1.54, 1.807) is 0 Å². The lowest BCUT2D eigenvalue weighted by Crippen LogP contribution is -2.33. The number of hydrogen-bond donors (Lipinski definition) is 1. The molecule has 0 radical (unpaired) electrons. The summed E-state index contributed by atoms with van der Waals surface area (Å²) in [6.07, 6.45) is 1.15. The fourth-order valence-corrected chi connectivity index (χ4v) is 6.48. The smallest absolute Gasteiger partial charge is 0.132 e. The molecule has 0 atom stereocenters. The zero-order chi connectivity index (χ0) is 17.9. The van der Waals surface area contributed by atoms with Gasteiger partial charge in [-0.3, -0.25) is 0 Å². The van der Waals surface area contributed by atoms with Gasteiger partial charge >= 0.3 is 0 Å². The second-order valence-corrected chi connectivity index (χ2v) is 9.32. The zero-order valence-corrected chi connectivity index (χ0v) is 16.7. The van der Waals surface area contributed by atoms with E-state index < -0.39 is 4.08 Å². The number of rotatable bonds is 4. The van der Waals surface area contributed by atoms with Gasteiger partial charge in [0.15, 0.2) is 0 Å². The lowest BCUT2D eigenvalue weighted by atomic mass is 10.0. The largest absolute Gasteiger partial charge is 0.411 e. The Morgan fingerprint density at radius 2 is 1.72 bits per heavy atom. The average molecular weight is 393 g/mol. The molecule has 132 valence electrons. The van der Waals surface area contributed by atoms with E-state index in [0.29, 0.717) is 10.7 Å². The van der Waals surface area contributed by atoms with Crippen LogP contribution >= 0.6 is 35.1 Å². The van der Waals surface area contributed by atoms with Crippen molar-refractivity contribution in [3.05, 3.63) is 64.7 Å². The van der Waals surface area contributed by atoms with Crippen molar-refractivity contribution in [1.29, 1.82) is 0 Å². The molecular weight excluding hydrogens is 372 g/mol. The number of benzene rings is 2. The van der Waals surface area contributed by atoms with Crippen LogP contribution in [0, 0.1) is 0 Å². The number of nitrogens with zero attached hydrogens (tertiary/aromatic N) is 2. The molecule has 0 unspecified atom stereocenters. The van der Waals surface area contributed by atoms with E-state index in [2.05, 4.69) is 34.3 Å². The van der Waals surface area contributed by atoms with Crippen molar-refractivity contribution in [1.82, 2.24) is 0 Å². The summed E-state index contributed by atoms with van der Waals surface area (Å²) in [5, 5.41) is 14.3. The Labute approximate surface area is 162 Å². The molecule has 0 spiro atoms. The zero-order valence-electron chi connectivity index (χ0n) is 14.3. The monoisotopic (exact) mass is 392 g/mol. The molecule has 3 rings (SSSR count). The predicted octanol–water partition coefficient (Wildman–Crippen LogP) is 5.31. The summed E-state index contributed by atoms with van der Waals surface area (Å²) in [6, 6.07) is 16.0. The third kappa shape index (κ3) is 3.64. The first-order valence-electron chi connectivity index (χ1n) is 8.11. The maximum absolute atomic E-state index is 9.92. The number of oxime groups is 1. The predicted molar refractivity (Wildman–Crippen MR) is 112 cm³/mol. The molecule has 0 aliphatic carbocycles. The van der Waals surface area contributed by atoms with Crippen LogP contribution in [0.1, 0.15) is 17.5 Å². The lowest BCUT2D eigenvalue weighted by molar-refractivity contribution is 0.318. The molecule has 1 saturated heterocycles. The molecule has 1 aliphatic rings. The number of anilines is 1. The van der Waals surface area contributed by atoms with Crippen LogP contribution in [-0.2, 0) is 4.08 Å². The molecule has 6 heteroatoms. The molecule has 2 aromatic rings. The van der Waals surface area contributed by atoms with Crippen LogP contribution in [0.4, 0.5) is 5.69 Å². The lowest BCUT2D eigenvalue weighted by Gasteiger charge is -2.37. The first-order chi connectivity index (χ1) is 12.1. The van der Waals surface area contributed by atoms with Gasteiger partial charge in [-0.15, -0.1) is 23.5 Å². The first kappa shape index (κ1) is 18.5. The molecule has 0 amide bonds. The number of hydrogen-bond acceptors (Lipinski definition) is 5. The van der Waals surface area contributed by atoms with Crippen molar-refractivity contribution in [2.24, 2.45) is 5.16 Å². The van der Waals surface area contributed by atoms with Crippen LogP contribution in [0.25, 0.3) is 0 Å². The third-order valence-corrected chi connectivity index (χ3v) is 7.90. The summed E-state index contributed by atoms with van der Waals surface area (Å²) < 4.78 is -0.456. The van der Waals surface area contributed by atoms with E-state index >= 15 is 0 Å². The minimum Gasteiger partial charge on any atom is -0.411 e. The Bertz CT molecular complexity index is 756. The summed E-state index contributed by atoms with van der Waals surface area (Å²) >= 11 is 10.0. The maximum atomic E-state index is 9.92. The van der Waals surface area contributed by atoms with Crippen LogP contribution < -0.4 is 4.90 Å². The summed E-state index contributed by atoms with van der Waals surface area (Å²) in [5.74, 6) is 2.04. The van der Waals surface area contributed by atoms with E-state index in [4.69, 9.17) is 11.6 Å². The minimum atomic E-state index is -0.456. The minimum absolute atomic E-state index is 0.456. The topological polar surface area (TPSA) is 35.8 Å². The molecular formula is C19H21ClN2OS2. The molecule has 0 saturated carbocycles. The van der Waals surface area contributed by atoms with Gasteiger partial charge in [0.05, 0.1) is 0 Å². The second kappa shape index (κ2) is 7.94. The van der Waals surface area contributed by atoms with Gasteiger partial charge in [0.25, 0.3) is 0 Å². The molecule has 0 aromatic heterocycles. The fourth-order valence-electron chi connectivity index (χ4n) is 2.90. The highest BCUT2D eigenvalue weighted by Crippen LogP contribution is 2.53. The van der Waals surface area contributed by atoms with E-state index in [9.17, 15) is 5.21 Å². The SMILES string of the molecule is CN(C)c1ccc(C2(/C(=N/O)c3ccccc3Cl)SCCCS2)cc1. The van der Waals surface area contributed by atoms with E-state index in [1.165, 1.54) is 0 Å².